The summed E-state index contributed by atoms with van der Waals surface area (Å²) in [6.07, 6.45) is -0.307. The highest BCUT2D eigenvalue weighted by Crippen LogP contribution is 2.25. The van der Waals surface area contributed by atoms with Crippen molar-refractivity contribution in [1.82, 2.24) is 0 Å². The van der Waals surface area contributed by atoms with Crippen LogP contribution in [0.2, 0.25) is 10.0 Å². The van der Waals surface area contributed by atoms with Crippen LogP contribution in [0, 0.1) is 0 Å². The number of carbonyl (C=O) groups is 3. The minimum absolute atomic E-state index is 0.0225. The molecule has 6 nitrogen and oxygen atoms in total. The molecule has 0 saturated carbocycles. The lowest BCUT2D eigenvalue weighted by atomic mass is 10.1. The van der Waals surface area contributed by atoms with Crippen LogP contribution in [0.5, 0.6) is 5.75 Å². The number of rotatable bonds is 10. The van der Waals surface area contributed by atoms with Crippen LogP contribution in [0.15, 0.2) is 42.5 Å². The third kappa shape index (κ3) is 7.35. The molecule has 1 N–H and O–H groups in total. The summed E-state index contributed by atoms with van der Waals surface area (Å²) in [7, 11) is 0. The number of ether oxygens (including phenoxy) is 2. The lowest BCUT2D eigenvalue weighted by Crippen LogP contribution is -2.30. The number of esters is 1. The third-order valence-corrected chi connectivity index (χ3v) is 4.62. The first kappa shape index (κ1) is 23.7. The van der Waals surface area contributed by atoms with Gasteiger partial charge in [-0.2, -0.15) is 0 Å². The Hall–Kier alpha value is -2.57. The minimum atomic E-state index is -1.05. The first-order chi connectivity index (χ1) is 14.3. The van der Waals surface area contributed by atoms with E-state index in [1.807, 2.05) is 6.92 Å². The molecule has 30 heavy (non-hydrogen) atoms. The summed E-state index contributed by atoms with van der Waals surface area (Å²) in [4.78, 5) is 36.5. The number of nitrogens with one attached hydrogen (secondary N) is 1. The van der Waals surface area contributed by atoms with Crippen LogP contribution in [0.4, 0.5) is 5.69 Å². The van der Waals surface area contributed by atoms with E-state index in [9.17, 15) is 14.4 Å². The van der Waals surface area contributed by atoms with E-state index in [1.54, 1.807) is 36.4 Å². The lowest BCUT2D eigenvalue weighted by Gasteiger charge is -2.14. The minimum Gasteiger partial charge on any atom is -0.494 e. The fraction of sp³-hybridized carbons (Fsp3) is 0.318. The largest absolute Gasteiger partial charge is 0.494 e. The molecule has 0 aromatic heterocycles. The molecule has 0 saturated heterocycles. The summed E-state index contributed by atoms with van der Waals surface area (Å²) < 4.78 is 10.6. The Morgan fingerprint density at radius 1 is 1.03 bits per heavy atom. The standard InChI is InChI=1S/C22H23Cl2NO5/c1-3-12-29-17-7-4-15(5-8-17)20(26)10-11-21(27)30-14(2)22(28)25-19-9-6-16(23)13-18(19)24/h4-9,13-14H,3,10-12H2,1-2H3,(H,25,28). The molecule has 1 unspecified atom stereocenters. The fourth-order valence-corrected chi connectivity index (χ4v) is 2.91. The number of halogens is 2. The van der Waals surface area contributed by atoms with Crippen molar-refractivity contribution in [3.8, 4) is 5.75 Å². The van der Waals surface area contributed by atoms with Crippen molar-refractivity contribution in [3.63, 3.8) is 0 Å². The molecule has 2 aromatic carbocycles. The van der Waals surface area contributed by atoms with E-state index < -0.39 is 18.0 Å². The normalized spacial score (nSPS) is 11.5. The number of anilines is 1. The molecule has 0 aliphatic heterocycles. The predicted octanol–water partition coefficient (Wildman–Crippen LogP) is 5.32. The van der Waals surface area contributed by atoms with E-state index in [-0.39, 0.29) is 23.6 Å². The van der Waals surface area contributed by atoms with Gasteiger partial charge in [-0.25, -0.2) is 0 Å². The molecular formula is C22H23Cl2NO5. The number of ketones is 1. The van der Waals surface area contributed by atoms with Gasteiger partial charge < -0.3 is 14.8 Å². The zero-order chi connectivity index (χ0) is 22.1. The van der Waals surface area contributed by atoms with Gasteiger partial charge >= 0.3 is 5.97 Å². The number of amides is 1. The van der Waals surface area contributed by atoms with E-state index in [0.29, 0.717) is 28.6 Å². The Morgan fingerprint density at radius 2 is 1.73 bits per heavy atom. The van der Waals surface area contributed by atoms with Crippen molar-refractivity contribution in [2.24, 2.45) is 0 Å². The number of carbonyl (C=O) groups excluding carboxylic acids is 3. The van der Waals surface area contributed by atoms with Crippen LogP contribution >= 0.6 is 23.2 Å². The van der Waals surface area contributed by atoms with E-state index >= 15 is 0 Å². The van der Waals surface area contributed by atoms with Gasteiger partial charge in [0.15, 0.2) is 11.9 Å². The van der Waals surface area contributed by atoms with Crippen LogP contribution in [0.1, 0.15) is 43.5 Å². The van der Waals surface area contributed by atoms with Gasteiger partial charge in [0.05, 0.1) is 23.7 Å². The molecule has 8 heteroatoms. The number of hydrogen-bond acceptors (Lipinski definition) is 5. The van der Waals surface area contributed by atoms with Gasteiger partial charge in [0, 0.05) is 17.0 Å². The van der Waals surface area contributed by atoms with Crippen molar-refractivity contribution < 1.29 is 23.9 Å². The van der Waals surface area contributed by atoms with Gasteiger partial charge in [0.1, 0.15) is 5.75 Å². The van der Waals surface area contributed by atoms with Crippen LogP contribution in [0.3, 0.4) is 0 Å². The van der Waals surface area contributed by atoms with Crippen molar-refractivity contribution in [3.05, 3.63) is 58.1 Å². The Labute approximate surface area is 185 Å². The molecule has 0 heterocycles. The molecular weight excluding hydrogens is 429 g/mol. The molecule has 1 atom stereocenters. The average molecular weight is 452 g/mol. The lowest BCUT2D eigenvalue weighted by molar-refractivity contribution is -0.153. The Morgan fingerprint density at radius 3 is 2.37 bits per heavy atom. The monoisotopic (exact) mass is 451 g/mol. The number of benzene rings is 2. The molecule has 2 aromatic rings. The zero-order valence-corrected chi connectivity index (χ0v) is 18.3. The molecule has 0 aliphatic carbocycles. The van der Waals surface area contributed by atoms with E-state index in [1.165, 1.54) is 13.0 Å². The topological polar surface area (TPSA) is 81.7 Å². The van der Waals surface area contributed by atoms with Gasteiger partial charge in [-0.15, -0.1) is 0 Å². The Balaban J connectivity index is 1.80. The fourth-order valence-electron chi connectivity index (χ4n) is 2.45. The van der Waals surface area contributed by atoms with Crippen molar-refractivity contribution in [1.29, 1.82) is 0 Å². The molecule has 0 fully saturated rings. The van der Waals surface area contributed by atoms with Gasteiger partial charge in [-0.1, -0.05) is 30.1 Å². The molecule has 0 bridgehead atoms. The summed E-state index contributed by atoms with van der Waals surface area (Å²) in [6, 6.07) is 11.4. The molecule has 0 radical (unpaired) electrons. The first-order valence-corrected chi connectivity index (χ1v) is 10.3. The third-order valence-electron chi connectivity index (χ3n) is 4.07. The van der Waals surface area contributed by atoms with Gasteiger partial charge in [0.2, 0.25) is 0 Å². The highest BCUT2D eigenvalue weighted by atomic mass is 35.5. The van der Waals surface area contributed by atoms with E-state index in [4.69, 9.17) is 32.7 Å². The SMILES string of the molecule is CCCOc1ccc(C(=O)CCC(=O)OC(C)C(=O)Nc2ccc(Cl)cc2Cl)cc1. The smallest absolute Gasteiger partial charge is 0.307 e. The molecule has 0 aliphatic rings. The molecule has 0 spiro atoms. The second kappa shape index (κ2) is 11.6. The van der Waals surface area contributed by atoms with Crippen LogP contribution < -0.4 is 10.1 Å². The van der Waals surface area contributed by atoms with Gasteiger partial charge in [-0.05, 0) is 55.8 Å². The predicted molar refractivity (Wildman–Crippen MR) is 116 cm³/mol. The van der Waals surface area contributed by atoms with Crippen LogP contribution in [-0.2, 0) is 14.3 Å². The van der Waals surface area contributed by atoms with Crippen LogP contribution in [0.25, 0.3) is 0 Å². The van der Waals surface area contributed by atoms with Crippen LogP contribution in [-0.4, -0.2) is 30.4 Å². The van der Waals surface area contributed by atoms with E-state index in [0.717, 1.165) is 6.42 Å². The highest BCUT2D eigenvalue weighted by Gasteiger charge is 2.19. The second-order valence-corrected chi connectivity index (χ2v) is 7.39. The summed E-state index contributed by atoms with van der Waals surface area (Å²) in [5.41, 5.74) is 0.838. The maximum Gasteiger partial charge on any atom is 0.307 e. The van der Waals surface area contributed by atoms with Gasteiger partial charge in [0.25, 0.3) is 5.91 Å². The Bertz CT molecular complexity index is 899. The first-order valence-electron chi connectivity index (χ1n) is 9.51. The molecule has 160 valence electrons. The molecule has 2 rings (SSSR count). The number of hydrogen-bond donors (Lipinski definition) is 1. The van der Waals surface area contributed by atoms with Crippen molar-refractivity contribution in [2.45, 2.75) is 39.2 Å². The summed E-state index contributed by atoms with van der Waals surface area (Å²) in [5, 5.41) is 3.27. The van der Waals surface area contributed by atoms with Crippen molar-refractivity contribution in [2.75, 3.05) is 11.9 Å². The van der Waals surface area contributed by atoms with Crippen molar-refractivity contribution >= 4 is 46.5 Å². The highest BCUT2D eigenvalue weighted by molar-refractivity contribution is 6.36. The average Bonchev–Trinajstić information content (AvgIpc) is 2.72. The zero-order valence-electron chi connectivity index (χ0n) is 16.7. The number of Topliss-reactive ketones (excluding diaryl/α,β-unsaturated/α-hetero) is 1. The maximum atomic E-state index is 12.2. The second-order valence-electron chi connectivity index (χ2n) is 6.54. The van der Waals surface area contributed by atoms with Gasteiger partial charge in [-0.3, -0.25) is 14.4 Å². The summed E-state index contributed by atoms with van der Waals surface area (Å²) >= 11 is 11.8. The quantitative estimate of drug-likeness (QED) is 0.390. The van der Waals surface area contributed by atoms with E-state index in [2.05, 4.69) is 5.32 Å². The summed E-state index contributed by atoms with van der Waals surface area (Å²) in [5.74, 6) is -0.690. The summed E-state index contributed by atoms with van der Waals surface area (Å²) in [6.45, 7) is 4.05. The Kier molecular flexibility index (Phi) is 9.15. The maximum absolute atomic E-state index is 12.2. The molecule has 1 amide bonds.